The number of hydrogen-bond acceptors (Lipinski definition) is 2. The molecular weight excluding hydrogens is 237 g/mol. The van der Waals surface area contributed by atoms with Gasteiger partial charge >= 0.3 is 0 Å². The average molecular weight is 250 g/mol. The van der Waals surface area contributed by atoms with E-state index in [0.29, 0.717) is 5.88 Å². The van der Waals surface area contributed by atoms with E-state index in [9.17, 15) is 4.79 Å². The Balaban J connectivity index is 2.86. The number of alkyl halides is 1. The third-order valence-electron chi connectivity index (χ3n) is 2.32. The van der Waals surface area contributed by atoms with E-state index in [1.807, 2.05) is 13.8 Å². The van der Waals surface area contributed by atoms with Crippen molar-refractivity contribution < 1.29 is 9.21 Å². The summed E-state index contributed by atoms with van der Waals surface area (Å²) in [6.45, 7) is 3.75. The second kappa shape index (κ2) is 4.45. The van der Waals surface area contributed by atoms with E-state index in [2.05, 4.69) is 0 Å². The van der Waals surface area contributed by atoms with Crippen LogP contribution in [0.5, 0.6) is 0 Å². The summed E-state index contributed by atoms with van der Waals surface area (Å²) in [6.07, 6.45) is 0. The summed E-state index contributed by atoms with van der Waals surface area (Å²) < 4.78 is 5.04. The predicted molar refractivity (Wildman–Crippen MR) is 60.6 cm³/mol. The Morgan fingerprint density at radius 3 is 2.53 bits per heavy atom. The Hall–Kier alpha value is -0.670. The lowest BCUT2D eigenvalue weighted by Gasteiger charge is -2.33. The molecule has 0 fully saturated rings. The van der Waals surface area contributed by atoms with Gasteiger partial charge in [-0.05, 0) is 37.6 Å². The second-order valence-corrected chi connectivity index (χ2v) is 4.55. The minimum absolute atomic E-state index is 0.204. The van der Waals surface area contributed by atoms with E-state index >= 15 is 0 Å². The highest BCUT2D eigenvalue weighted by atomic mass is 35.5. The molecule has 0 saturated carbocycles. The van der Waals surface area contributed by atoms with Gasteiger partial charge in [-0.2, -0.15) is 0 Å². The van der Waals surface area contributed by atoms with Gasteiger partial charge in [0, 0.05) is 12.9 Å². The molecule has 3 nitrogen and oxygen atoms in total. The molecule has 0 radical (unpaired) electrons. The number of nitrogens with zero attached hydrogens (tertiary/aromatic N) is 1. The minimum Gasteiger partial charge on any atom is -0.440 e. The van der Waals surface area contributed by atoms with Gasteiger partial charge in [0.25, 0.3) is 5.91 Å². The number of hydrogen-bond donors (Lipinski definition) is 0. The van der Waals surface area contributed by atoms with Crippen molar-refractivity contribution in [2.75, 3.05) is 12.9 Å². The van der Waals surface area contributed by atoms with E-state index in [1.54, 1.807) is 13.1 Å². The van der Waals surface area contributed by atoms with Gasteiger partial charge in [-0.15, -0.1) is 11.6 Å². The molecule has 0 saturated heterocycles. The third-order valence-corrected chi connectivity index (χ3v) is 3.18. The molecule has 1 aromatic heterocycles. The normalized spacial score (nSPS) is 11.5. The van der Waals surface area contributed by atoms with Crippen LogP contribution in [0.15, 0.2) is 16.5 Å². The summed E-state index contributed by atoms with van der Waals surface area (Å²) in [5.41, 5.74) is -0.419. The second-order valence-electron chi connectivity index (χ2n) is 3.91. The van der Waals surface area contributed by atoms with Crippen LogP contribution in [0.2, 0.25) is 5.22 Å². The Labute approximate surface area is 98.9 Å². The van der Waals surface area contributed by atoms with Gasteiger partial charge in [0.2, 0.25) is 0 Å². The fraction of sp³-hybridized carbons (Fsp3) is 0.500. The summed E-state index contributed by atoms with van der Waals surface area (Å²) >= 11 is 11.4. The van der Waals surface area contributed by atoms with E-state index in [-0.39, 0.29) is 16.9 Å². The monoisotopic (exact) mass is 249 g/mol. The molecule has 0 spiro atoms. The van der Waals surface area contributed by atoms with Crippen molar-refractivity contribution in [3.8, 4) is 0 Å². The van der Waals surface area contributed by atoms with Crippen molar-refractivity contribution in [3.63, 3.8) is 0 Å². The van der Waals surface area contributed by atoms with Crippen LogP contribution in [0.4, 0.5) is 0 Å². The number of amides is 1. The van der Waals surface area contributed by atoms with Gasteiger partial charge in [-0.1, -0.05) is 0 Å². The van der Waals surface area contributed by atoms with Crippen molar-refractivity contribution in [2.24, 2.45) is 0 Å². The molecular formula is C10H13Cl2NO2. The number of rotatable bonds is 3. The standard InChI is InChI=1S/C10H13Cl2NO2/c1-10(2,6-11)13(3)9(14)7-4-5-8(12)15-7/h4-5H,6H2,1-3H3. The highest BCUT2D eigenvalue weighted by molar-refractivity contribution is 6.29. The Bertz CT molecular complexity index is 360. The van der Waals surface area contributed by atoms with E-state index in [1.165, 1.54) is 11.0 Å². The Kier molecular flexibility index (Phi) is 3.68. The third kappa shape index (κ3) is 2.67. The molecule has 5 heteroatoms. The zero-order valence-corrected chi connectivity index (χ0v) is 10.4. The molecule has 0 unspecified atom stereocenters. The molecule has 0 N–H and O–H groups in total. The smallest absolute Gasteiger partial charge is 0.289 e. The van der Waals surface area contributed by atoms with Crippen LogP contribution in [-0.2, 0) is 0 Å². The van der Waals surface area contributed by atoms with Crippen LogP contribution < -0.4 is 0 Å². The summed E-state index contributed by atoms with van der Waals surface area (Å²) in [4.78, 5) is 13.4. The molecule has 1 amide bonds. The fourth-order valence-corrected chi connectivity index (χ4v) is 1.28. The first-order chi connectivity index (χ1) is 6.88. The maximum Gasteiger partial charge on any atom is 0.289 e. The lowest BCUT2D eigenvalue weighted by molar-refractivity contribution is 0.0627. The van der Waals surface area contributed by atoms with Gasteiger partial charge in [0.1, 0.15) is 0 Å². The maximum absolute atomic E-state index is 11.9. The van der Waals surface area contributed by atoms with Gasteiger partial charge in [0.15, 0.2) is 11.0 Å². The highest BCUT2D eigenvalue weighted by Crippen LogP contribution is 2.20. The first-order valence-electron chi connectivity index (χ1n) is 4.48. The Morgan fingerprint density at radius 2 is 2.13 bits per heavy atom. The van der Waals surface area contributed by atoms with Crippen molar-refractivity contribution >= 4 is 29.1 Å². The molecule has 1 heterocycles. The quantitative estimate of drug-likeness (QED) is 0.772. The molecule has 0 atom stereocenters. The van der Waals surface area contributed by atoms with Crippen LogP contribution in [-0.4, -0.2) is 29.3 Å². The molecule has 15 heavy (non-hydrogen) atoms. The lowest BCUT2D eigenvalue weighted by atomic mass is 10.1. The molecule has 0 aliphatic carbocycles. The number of furan rings is 1. The number of carbonyl (C=O) groups excluding carboxylic acids is 1. The number of halogens is 2. The minimum atomic E-state index is -0.419. The van der Waals surface area contributed by atoms with E-state index in [4.69, 9.17) is 27.6 Å². The van der Waals surface area contributed by atoms with Gasteiger partial charge < -0.3 is 9.32 Å². The maximum atomic E-state index is 11.9. The topological polar surface area (TPSA) is 33.5 Å². The van der Waals surface area contributed by atoms with E-state index in [0.717, 1.165) is 0 Å². The lowest BCUT2D eigenvalue weighted by Crippen LogP contribution is -2.46. The molecule has 1 rings (SSSR count). The first kappa shape index (κ1) is 12.4. The van der Waals surface area contributed by atoms with Crippen LogP contribution in [0.25, 0.3) is 0 Å². The number of carbonyl (C=O) groups is 1. The molecule has 1 aromatic rings. The zero-order chi connectivity index (χ0) is 11.6. The highest BCUT2D eigenvalue weighted by Gasteiger charge is 2.28. The van der Waals surface area contributed by atoms with Crippen molar-refractivity contribution in [3.05, 3.63) is 23.1 Å². The summed E-state index contributed by atoms with van der Waals surface area (Å²) in [6, 6.07) is 3.09. The molecule has 84 valence electrons. The first-order valence-corrected chi connectivity index (χ1v) is 5.39. The molecule has 0 aliphatic rings. The Morgan fingerprint density at radius 1 is 1.53 bits per heavy atom. The average Bonchev–Trinajstić information content (AvgIpc) is 2.62. The SMILES string of the molecule is CN(C(=O)c1ccc(Cl)o1)C(C)(C)CCl. The molecule has 0 bridgehead atoms. The van der Waals surface area contributed by atoms with Crippen LogP contribution in [0.3, 0.4) is 0 Å². The van der Waals surface area contributed by atoms with Crippen molar-refractivity contribution in [1.29, 1.82) is 0 Å². The summed E-state index contributed by atoms with van der Waals surface area (Å²) in [5.74, 6) is 0.345. The van der Waals surface area contributed by atoms with Gasteiger partial charge in [-0.25, -0.2) is 0 Å². The predicted octanol–water partition coefficient (Wildman–Crippen LogP) is 3.02. The van der Waals surface area contributed by atoms with Crippen LogP contribution >= 0.6 is 23.2 Å². The fourth-order valence-electron chi connectivity index (χ4n) is 0.959. The summed E-state index contributed by atoms with van der Waals surface area (Å²) in [5, 5.41) is 0.204. The van der Waals surface area contributed by atoms with Crippen molar-refractivity contribution in [1.82, 2.24) is 4.90 Å². The summed E-state index contributed by atoms with van der Waals surface area (Å²) in [7, 11) is 1.68. The van der Waals surface area contributed by atoms with Crippen LogP contribution in [0, 0.1) is 0 Å². The molecule has 0 aliphatic heterocycles. The van der Waals surface area contributed by atoms with Gasteiger partial charge in [-0.3, -0.25) is 4.79 Å². The van der Waals surface area contributed by atoms with E-state index < -0.39 is 5.54 Å². The van der Waals surface area contributed by atoms with Gasteiger partial charge in [0.05, 0.1) is 5.54 Å². The molecule has 0 aromatic carbocycles. The zero-order valence-electron chi connectivity index (χ0n) is 8.88. The van der Waals surface area contributed by atoms with Crippen LogP contribution in [0.1, 0.15) is 24.4 Å². The largest absolute Gasteiger partial charge is 0.440 e. The van der Waals surface area contributed by atoms with Crippen molar-refractivity contribution in [2.45, 2.75) is 19.4 Å².